The topological polar surface area (TPSA) is 69.6 Å². The molecule has 2 N–H and O–H groups in total. The van der Waals surface area contributed by atoms with Gasteiger partial charge in [-0.3, -0.25) is 0 Å². The van der Waals surface area contributed by atoms with Gasteiger partial charge in [0.2, 0.25) is 0 Å². The number of aromatic carboxylic acids is 1. The summed E-state index contributed by atoms with van der Waals surface area (Å²) in [6.07, 6.45) is 3.34. The molecule has 1 fully saturated rings. The van der Waals surface area contributed by atoms with E-state index < -0.39 is 5.97 Å². The monoisotopic (exact) mass is 290 g/mol. The van der Waals surface area contributed by atoms with Gasteiger partial charge < -0.3 is 15.3 Å². The number of hydrogen-bond donors (Lipinski definition) is 2. The molecule has 1 saturated heterocycles. The first-order valence-corrected chi connectivity index (χ1v) is 7.41. The average Bonchev–Trinajstić information content (AvgIpc) is 2.90. The van der Waals surface area contributed by atoms with Crippen LogP contribution in [0.15, 0.2) is 18.2 Å². The molecule has 0 aromatic heterocycles. The molecule has 1 aromatic carbocycles. The summed E-state index contributed by atoms with van der Waals surface area (Å²) < 4.78 is 0. The molecule has 0 spiro atoms. The molecule has 114 valence electrons. The molecular formula is C16H22N2O3. The van der Waals surface area contributed by atoms with Gasteiger partial charge in [-0.1, -0.05) is 19.4 Å². The number of aryl methyl sites for hydroxylation is 1. The van der Waals surface area contributed by atoms with E-state index in [1.54, 1.807) is 24.0 Å². The first-order chi connectivity index (χ1) is 10.0. The van der Waals surface area contributed by atoms with Crippen LogP contribution < -0.4 is 5.32 Å². The second-order valence-corrected chi connectivity index (χ2v) is 5.65. The number of anilines is 1. The van der Waals surface area contributed by atoms with Crippen molar-refractivity contribution in [2.45, 2.75) is 33.1 Å². The number of nitrogens with zero attached hydrogens (tertiary/aromatic N) is 1. The fraction of sp³-hybridized carbons (Fsp3) is 0.500. The number of carbonyl (C=O) groups excluding carboxylic acids is 1. The summed E-state index contributed by atoms with van der Waals surface area (Å²) in [6, 6.07) is 4.81. The zero-order chi connectivity index (χ0) is 15.4. The van der Waals surface area contributed by atoms with Crippen LogP contribution in [0.4, 0.5) is 10.5 Å². The van der Waals surface area contributed by atoms with Crippen molar-refractivity contribution in [3.8, 4) is 0 Å². The van der Waals surface area contributed by atoms with Gasteiger partial charge in [0.25, 0.3) is 0 Å². The highest BCUT2D eigenvalue weighted by atomic mass is 16.4. The third-order valence-electron chi connectivity index (χ3n) is 3.99. The van der Waals surface area contributed by atoms with E-state index in [2.05, 4.69) is 12.2 Å². The van der Waals surface area contributed by atoms with E-state index in [1.807, 2.05) is 0 Å². The number of carboxylic acids is 1. The lowest BCUT2D eigenvalue weighted by atomic mass is 10.0. The van der Waals surface area contributed by atoms with Crippen LogP contribution in [0.1, 0.15) is 42.1 Å². The van der Waals surface area contributed by atoms with E-state index >= 15 is 0 Å². The molecule has 1 heterocycles. The molecular weight excluding hydrogens is 268 g/mol. The molecule has 5 nitrogen and oxygen atoms in total. The Balaban J connectivity index is 2.00. The van der Waals surface area contributed by atoms with E-state index in [-0.39, 0.29) is 11.6 Å². The summed E-state index contributed by atoms with van der Waals surface area (Å²) in [4.78, 5) is 25.1. The molecule has 0 saturated carbocycles. The average molecular weight is 290 g/mol. The Morgan fingerprint density at radius 2 is 2.19 bits per heavy atom. The van der Waals surface area contributed by atoms with Crippen LogP contribution in [-0.4, -0.2) is 35.1 Å². The van der Waals surface area contributed by atoms with Gasteiger partial charge in [0.15, 0.2) is 0 Å². The van der Waals surface area contributed by atoms with Crippen LogP contribution >= 0.6 is 0 Å². The van der Waals surface area contributed by atoms with Crippen molar-refractivity contribution in [3.63, 3.8) is 0 Å². The molecule has 1 unspecified atom stereocenters. The zero-order valence-corrected chi connectivity index (χ0v) is 12.6. The number of amides is 2. The molecule has 1 aliphatic heterocycles. The highest BCUT2D eigenvalue weighted by molar-refractivity contribution is 5.94. The number of likely N-dealkylation sites (tertiary alicyclic amines) is 1. The van der Waals surface area contributed by atoms with Crippen molar-refractivity contribution < 1.29 is 14.7 Å². The number of nitrogens with one attached hydrogen (secondary N) is 1. The summed E-state index contributed by atoms with van der Waals surface area (Å²) in [5.41, 5.74) is 1.43. The highest BCUT2D eigenvalue weighted by Crippen LogP contribution is 2.22. The number of benzene rings is 1. The first-order valence-electron chi connectivity index (χ1n) is 7.41. The number of hydrogen-bond acceptors (Lipinski definition) is 2. The Bertz CT molecular complexity index is 542. The lowest BCUT2D eigenvalue weighted by molar-refractivity contribution is 0.0696. The Hall–Kier alpha value is -2.04. The quantitative estimate of drug-likeness (QED) is 0.893. The molecule has 21 heavy (non-hydrogen) atoms. The number of carbonyl (C=O) groups is 2. The van der Waals surface area contributed by atoms with Crippen LogP contribution in [0.3, 0.4) is 0 Å². The number of rotatable bonds is 4. The molecule has 0 aliphatic carbocycles. The van der Waals surface area contributed by atoms with Crippen molar-refractivity contribution >= 4 is 17.7 Å². The molecule has 0 bridgehead atoms. The summed E-state index contributed by atoms with van der Waals surface area (Å²) in [5, 5.41) is 11.9. The lowest BCUT2D eigenvalue weighted by Crippen LogP contribution is -2.33. The number of carboxylic acid groups (broad SMARTS) is 1. The lowest BCUT2D eigenvalue weighted by Gasteiger charge is -2.17. The van der Waals surface area contributed by atoms with E-state index in [0.29, 0.717) is 17.2 Å². The Labute approximate surface area is 125 Å². The Morgan fingerprint density at radius 3 is 2.86 bits per heavy atom. The van der Waals surface area contributed by atoms with Crippen molar-refractivity contribution in [1.29, 1.82) is 0 Å². The van der Waals surface area contributed by atoms with Crippen molar-refractivity contribution in [3.05, 3.63) is 29.3 Å². The molecule has 2 rings (SSSR count). The normalized spacial score (nSPS) is 17.8. The van der Waals surface area contributed by atoms with Crippen molar-refractivity contribution in [2.24, 2.45) is 5.92 Å². The van der Waals surface area contributed by atoms with Gasteiger partial charge in [-0.05, 0) is 43.4 Å². The van der Waals surface area contributed by atoms with Gasteiger partial charge in [-0.25, -0.2) is 9.59 Å². The molecule has 1 aliphatic rings. The van der Waals surface area contributed by atoms with Gasteiger partial charge in [0.05, 0.1) is 5.56 Å². The molecule has 2 amide bonds. The van der Waals surface area contributed by atoms with Crippen molar-refractivity contribution in [1.82, 2.24) is 4.90 Å². The first kappa shape index (κ1) is 15.4. The third-order valence-corrected chi connectivity index (χ3v) is 3.99. The van der Waals surface area contributed by atoms with Crippen LogP contribution in [0.5, 0.6) is 0 Å². The predicted molar refractivity (Wildman–Crippen MR) is 81.7 cm³/mol. The van der Waals surface area contributed by atoms with E-state index in [0.717, 1.165) is 32.4 Å². The van der Waals surface area contributed by atoms with Crippen molar-refractivity contribution in [2.75, 3.05) is 18.4 Å². The maximum Gasteiger partial charge on any atom is 0.336 e. The number of urea groups is 1. The van der Waals surface area contributed by atoms with Gasteiger partial charge in [0.1, 0.15) is 0 Å². The van der Waals surface area contributed by atoms with Crippen LogP contribution in [0.25, 0.3) is 0 Å². The Kier molecular flexibility index (Phi) is 4.83. The predicted octanol–water partition coefficient (Wildman–Crippen LogP) is 3.35. The second-order valence-electron chi connectivity index (χ2n) is 5.65. The van der Waals surface area contributed by atoms with E-state index in [1.165, 1.54) is 6.07 Å². The maximum atomic E-state index is 12.2. The third kappa shape index (κ3) is 3.74. The standard InChI is InChI=1S/C16H22N2O3/c1-3-4-12-7-8-18(10-12)16(21)17-13-6-5-11(2)14(9-13)15(19)20/h5-6,9,12H,3-4,7-8,10H2,1-2H3,(H,17,21)(H,19,20). The molecule has 1 aromatic rings. The van der Waals surface area contributed by atoms with Crippen LogP contribution in [0, 0.1) is 12.8 Å². The summed E-state index contributed by atoms with van der Waals surface area (Å²) >= 11 is 0. The minimum Gasteiger partial charge on any atom is -0.478 e. The fourth-order valence-electron chi connectivity index (χ4n) is 2.79. The van der Waals surface area contributed by atoms with Crippen LogP contribution in [-0.2, 0) is 0 Å². The zero-order valence-electron chi connectivity index (χ0n) is 12.6. The summed E-state index contributed by atoms with van der Waals surface area (Å²) in [7, 11) is 0. The summed E-state index contributed by atoms with van der Waals surface area (Å²) in [5.74, 6) is -0.388. The van der Waals surface area contributed by atoms with E-state index in [4.69, 9.17) is 5.11 Å². The highest BCUT2D eigenvalue weighted by Gasteiger charge is 2.25. The minimum absolute atomic E-state index is 0.145. The smallest absolute Gasteiger partial charge is 0.336 e. The van der Waals surface area contributed by atoms with Crippen LogP contribution in [0.2, 0.25) is 0 Å². The molecule has 0 radical (unpaired) electrons. The fourth-order valence-corrected chi connectivity index (χ4v) is 2.79. The minimum atomic E-state index is -0.979. The van der Waals surface area contributed by atoms with Gasteiger partial charge in [-0.15, -0.1) is 0 Å². The Morgan fingerprint density at radius 1 is 1.43 bits per heavy atom. The molecule has 5 heteroatoms. The van der Waals surface area contributed by atoms with Gasteiger partial charge in [0, 0.05) is 18.8 Å². The second kappa shape index (κ2) is 6.61. The van der Waals surface area contributed by atoms with E-state index in [9.17, 15) is 9.59 Å². The molecule has 1 atom stereocenters. The maximum absolute atomic E-state index is 12.2. The largest absolute Gasteiger partial charge is 0.478 e. The van der Waals surface area contributed by atoms with Gasteiger partial charge >= 0.3 is 12.0 Å². The SMILES string of the molecule is CCCC1CCN(C(=O)Nc2ccc(C)c(C(=O)O)c2)C1. The van der Waals surface area contributed by atoms with Gasteiger partial charge in [-0.2, -0.15) is 0 Å². The summed E-state index contributed by atoms with van der Waals surface area (Å²) in [6.45, 7) is 5.46.